The highest BCUT2D eigenvalue weighted by atomic mass is 35.5. The number of hydrogen-bond acceptors (Lipinski definition) is 3. The molecule has 2 N–H and O–H groups in total. The number of fused-ring (bicyclic) bond motifs is 1. The molecule has 0 saturated heterocycles. The average molecular weight is 407 g/mol. The second-order valence-electron chi connectivity index (χ2n) is 6.75. The molecule has 0 bridgehead atoms. The van der Waals surface area contributed by atoms with E-state index in [-0.39, 0.29) is 23.1 Å². The summed E-state index contributed by atoms with van der Waals surface area (Å²) in [7, 11) is 1.51. The average Bonchev–Trinajstić information content (AvgIpc) is 3.15. The number of para-hydroxylation sites is 1. The minimum Gasteiger partial charge on any atom is -0.361 e. The molecule has 4 aromatic rings. The first kappa shape index (κ1) is 19.0. The number of carbonyl (C=O) groups excluding carboxylic acids is 1. The molecule has 0 aliphatic heterocycles. The lowest BCUT2D eigenvalue weighted by Crippen LogP contribution is -2.31. The van der Waals surface area contributed by atoms with E-state index in [1.165, 1.54) is 19.2 Å². The van der Waals surface area contributed by atoms with Crippen LogP contribution in [0.1, 0.15) is 27.5 Å². The highest BCUT2D eigenvalue weighted by Crippen LogP contribution is 2.34. The second-order valence-corrected chi connectivity index (χ2v) is 7.16. The van der Waals surface area contributed by atoms with E-state index in [0.717, 1.165) is 26.7 Å². The van der Waals surface area contributed by atoms with Crippen molar-refractivity contribution in [3.63, 3.8) is 0 Å². The summed E-state index contributed by atoms with van der Waals surface area (Å²) >= 11 is 6.48. The quantitative estimate of drug-likeness (QED) is 0.532. The molecule has 6 nitrogen and oxygen atoms in total. The predicted molar refractivity (Wildman–Crippen MR) is 113 cm³/mol. The molecule has 0 fully saturated rings. The first-order valence-corrected chi connectivity index (χ1v) is 9.55. The number of hydrogen-bond donors (Lipinski definition) is 2. The molecule has 0 saturated carbocycles. The molecule has 0 unspecified atom stereocenters. The molecule has 1 amide bonds. The summed E-state index contributed by atoms with van der Waals surface area (Å²) < 4.78 is 1.14. The van der Waals surface area contributed by atoms with E-state index in [4.69, 9.17) is 11.6 Å². The van der Waals surface area contributed by atoms with Crippen LogP contribution in [0, 0.1) is 0 Å². The molecule has 0 aliphatic carbocycles. The SMILES string of the molecule is Cn1nc(C(=O)NC[C@H](c2ccccc2Cl)c2c[nH]c3ccccc23)ccc1=O. The molecular weight excluding hydrogens is 388 g/mol. The number of aromatic nitrogens is 3. The molecule has 29 heavy (non-hydrogen) atoms. The molecule has 7 heteroatoms. The van der Waals surface area contributed by atoms with Crippen molar-refractivity contribution in [3.8, 4) is 0 Å². The number of benzene rings is 2. The Kier molecular flexibility index (Phi) is 5.18. The molecular formula is C22H19ClN4O2. The smallest absolute Gasteiger partial charge is 0.271 e. The van der Waals surface area contributed by atoms with Gasteiger partial charge in [-0.25, -0.2) is 4.68 Å². The van der Waals surface area contributed by atoms with Gasteiger partial charge in [-0.3, -0.25) is 9.59 Å². The fraction of sp³-hybridized carbons (Fsp3) is 0.136. The highest BCUT2D eigenvalue weighted by molar-refractivity contribution is 6.31. The van der Waals surface area contributed by atoms with E-state index in [1.54, 1.807) is 0 Å². The van der Waals surface area contributed by atoms with Crippen LogP contribution in [0.25, 0.3) is 10.9 Å². The Morgan fingerprint density at radius 2 is 1.86 bits per heavy atom. The molecule has 146 valence electrons. The fourth-order valence-electron chi connectivity index (χ4n) is 3.44. The maximum Gasteiger partial charge on any atom is 0.271 e. The molecule has 0 radical (unpaired) electrons. The Morgan fingerprint density at radius 3 is 2.66 bits per heavy atom. The summed E-state index contributed by atoms with van der Waals surface area (Å²) in [6.07, 6.45) is 1.95. The van der Waals surface area contributed by atoms with Crippen LogP contribution in [0.5, 0.6) is 0 Å². The summed E-state index contributed by atoms with van der Waals surface area (Å²) in [5, 5.41) is 8.66. The van der Waals surface area contributed by atoms with Crippen LogP contribution >= 0.6 is 11.6 Å². The molecule has 4 rings (SSSR count). The van der Waals surface area contributed by atoms with Crippen LogP contribution in [0.15, 0.2) is 71.7 Å². The summed E-state index contributed by atoms with van der Waals surface area (Å²) in [6, 6.07) is 18.4. The van der Waals surface area contributed by atoms with Gasteiger partial charge in [-0.2, -0.15) is 5.10 Å². The predicted octanol–water partition coefficient (Wildman–Crippen LogP) is 3.48. The van der Waals surface area contributed by atoms with Crippen molar-refractivity contribution in [2.24, 2.45) is 7.05 Å². The third-order valence-electron chi connectivity index (χ3n) is 4.94. The molecule has 0 aliphatic rings. The highest BCUT2D eigenvalue weighted by Gasteiger charge is 2.21. The normalized spacial score (nSPS) is 12.1. The van der Waals surface area contributed by atoms with Gasteiger partial charge in [-0.05, 0) is 29.3 Å². The van der Waals surface area contributed by atoms with Gasteiger partial charge in [0, 0.05) is 47.7 Å². The van der Waals surface area contributed by atoms with E-state index in [1.807, 2.05) is 54.7 Å². The Hall–Kier alpha value is -3.38. The molecule has 0 spiro atoms. The first-order valence-electron chi connectivity index (χ1n) is 9.17. The third kappa shape index (κ3) is 3.79. The number of aryl methyl sites for hydroxylation is 1. The third-order valence-corrected chi connectivity index (χ3v) is 5.28. The van der Waals surface area contributed by atoms with E-state index in [9.17, 15) is 9.59 Å². The number of nitrogens with zero attached hydrogens (tertiary/aromatic N) is 2. The van der Waals surface area contributed by atoms with Gasteiger partial charge in [0.25, 0.3) is 11.5 Å². The van der Waals surface area contributed by atoms with Crippen molar-refractivity contribution in [1.29, 1.82) is 0 Å². The van der Waals surface area contributed by atoms with Gasteiger partial charge >= 0.3 is 0 Å². The zero-order chi connectivity index (χ0) is 20.4. The van der Waals surface area contributed by atoms with Gasteiger partial charge in [-0.15, -0.1) is 0 Å². The largest absolute Gasteiger partial charge is 0.361 e. The molecule has 2 heterocycles. The van der Waals surface area contributed by atoms with Crippen LogP contribution in [-0.4, -0.2) is 27.2 Å². The van der Waals surface area contributed by atoms with Gasteiger partial charge in [0.15, 0.2) is 0 Å². The van der Waals surface area contributed by atoms with Crippen molar-refractivity contribution < 1.29 is 4.79 Å². The second kappa shape index (κ2) is 7.93. The molecule has 2 aromatic carbocycles. The van der Waals surface area contributed by atoms with Crippen molar-refractivity contribution in [2.45, 2.75) is 5.92 Å². The Bertz CT molecular complexity index is 1240. The summed E-state index contributed by atoms with van der Waals surface area (Å²) in [4.78, 5) is 27.4. The molecule has 1 atom stereocenters. The summed E-state index contributed by atoms with van der Waals surface area (Å²) in [5.41, 5.74) is 2.90. The number of amides is 1. The lowest BCUT2D eigenvalue weighted by atomic mass is 9.90. The van der Waals surface area contributed by atoms with Crippen LogP contribution in [-0.2, 0) is 7.05 Å². The number of aromatic amines is 1. The van der Waals surface area contributed by atoms with Crippen LogP contribution in [0.2, 0.25) is 5.02 Å². The van der Waals surface area contributed by atoms with E-state index < -0.39 is 0 Å². The van der Waals surface area contributed by atoms with E-state index in [0.29, 0.717) is 11.6 Å². The Labute approximate surface area is 172 Å². The number of rotatable bonds is 5. The number of nitrogens with one attached hydrogen (secondary N) is 2. The molecule has 2 aromatic heterocycles. The summed E-state index contributed by atoms with van der Waals surface area (Å²) in [6.45, 7) is 0.328. The Balaban J connectivity index is 1.68. The summed E-state index contributed by atoms with van der Waals surface area (Å²) in [5.74, 6) is -0.506. The van der Waals surface area contributed by atoms with Crippen molar-refractivity contribution in [1.82, 2.24) is 20.1 Å². The fourth-order valence-corrected chi connectivity index (χ4v) is 3.70. The van der Waals surface area contributed by atoms with Gasteiger partial charge in [0.1, 0.15) is 5.69 Å². The number of carbonyl (C=O) groups is 1. The van der Waals surface area contributed by atoms with Gasteiger partial charge < -0.3 is 10.3 Å². The van der Waals surface area contributed by atoms with Gasteiger partial charge in [0.2, 0.25) is 0 Å². The number of H-pyrrole nitrogens is 1. The topological polar surface area (TPSA) is 79.8 Å². The van der Waals surface area contributed by atoms with E-state index >= 15 is 0 Å². The van der Waals surface area contributed by atoms with Crippen molar-refractivity contribution >= 4 is 28.4 Å². The maximum atomic E-state index is 12.6. The van der Waals surface area contributed by atoms with Gasteiger partial charge in [0.05, 0.1) is 0 Å². The Morgan fingerprint density at radius 1 is 1.10 bits per heavy atom. The van der Waals surface area contributed by atoms with Crippen molar-refractivity contribution in [3.05, 3.63) is 99.1 Å². The van der Waals surface area contributed by atoms with Crippen LogP contribution < -0.4 is 10.9 Å². The standard InChI is InChI=1S/C22H19ClN4O2/c1-27-21(28)11-10-20(26-27)22(29)25-13-16(14-6-2-4-8-18(14)23)17-12-24-19-9-5-3-7-15(17)19/h2-12,16,24H,13H2,1H3,(H,25,29)/t16-/m1/s1. The maximum absolute atomic E-state index is 12.6. The first-order chi connectivity index (χ1) is 14.0. The zero-order valence-electron chi connectivity index (χ0n) is 15.7. The van der Waals surface area contributed by atoms with Gasteiger partial charge in [-0.1, -0.05) is 48.0 Å². The monoisotopic (exact) mass is 406 g/mol. The van der Waals surface area contributed by atoms with Crippen LogP contribution in [0.3, 0.4) is 0 Å². The minimum absolute atomic E-state index is 0.156. The lowest BCUT2D eigenvalue weighted by molar-refractivity contribution is 0.0945. The van der Waals surface area contributed by atoms with E-state index in [2.05, 4.69) is 15.4 Å². The van der Waals surface area contributed by atoms with Crippen molar-refractivity contribution in [2.75, 3.05) is 6.54 Å². The lowest BCUT2D eigenvalue weighted by Gasteiger charge is -2.19. The minimum atomic E-state index is -0.350. The zero-order valence-corrected chi connectivity index (χ0v) is 16.5. The van der Waals surface area contributed by atoms with Crippen LogP contribution in [0.4, 0.5) is 0 Å². The number of halogens is 1.